The molecule has 1 amide bonds. The Kier molecular flexibility index (Phi) is 4.41. The zero-order valence-electron chi connectivity index (χ0n) is 11.3. The van der Waals surface area contributed by atoms with Crippen molar-refractivity contribution in [2.75, 3.05) is 19.6 Å². The van der Waals surface area contributed by atoms with Crippen molar-refractivity contribution in [2.45, 2.75) is 30.8 Å². The summed E-state index contributed by atoms with van der Waals surface area (Å²) >= 11 is 0. The van der Waals surface area contributed by atoms with Crippen LogP contribution in [0.3, 0.4) is 0 Å². The van der Waals surface area contributed by atoms with E-state index in [2.05, 4.69) is 14.7 Å². The van der Waals surface area contributed by atoms with Gasteiger partial charge in [-0.3, -0.25) is 9.69 Å². The van der Waals surface area contributed by atoms with Crippen LogP contribution in [0.4, 0.5) is 0 Å². The summed E-state index contributed by atoms with van der Waals surface area (Å²) in [5, 5.41) is 0.0783. The number of nitrogens with one attached hydrogen (secondary N) is 2. The van der Waals surface area contributed by atoms with Crippen molar-refractivity contribution in [3.8, 4) is 0 Å². The molecule has 1 aliphatic heterocycles. The Balaban J connectivity index is 1.91. The maximum atomic E-state index is 12.1. The second kappa shape index (κ2) is 5.90. The van der Waals surface area contributed by atoms with E-state index in [1.165, 1.54) is 6.20 Å². The average molecular weight is 301 g/mol. The van der Waals surface area contributed by atoms with Crippen molar-refractivity contribution in [1.82, 2.24) is 19.6 Å². The number of likely N-dealkylation sites (tertiary alicyclic amines) is 1. The fourth-order valence-electron chi connectivity index (χ4n) is 2.25. The Bertz CT molecular complexity index is 575. The Labute approximate surface area is 117 Å². The van der Waals surface area contributed by atoms with Crippen LogP contribution in [0.15, 0.2) is 11.2 Å². The first-order valence-corrected chi connectivity index (χ1v) is 7.90. The molecule has 1 fully saturated rings. The zero-order valence-corrected chi connectivity index (χ0v) is 12.1. The monoisotopic (exact) mass is 301 g/mol. The number of carbonyl (C=O) groups is 1. The third kappa shape index (κ3) is 3.78. The number of aromatic amines is 1. The van der Waals surface area contributed by atoms with E-state index >= 15 is 0 Å². The maximum Gasteiger partial charge on any atom is 0.257 e. The van der Waals surface area contributed by atoms with E-state index in [1.807, 2.05) is 4.90 Å². The lowest BCUT2D eigenvalue weighted by atomic mass is 10.1. The van der Waals surface area contributed by atoms with E-state index in [-0.39, 0.29) is 23.5 Å². The highest BCUT2D eigenvalue weighted by Gasteiger charge is 2.25. The van der Waals surface area contributed by atoms with Gasteiger partial charge in [0, 0.05) is 19.1 Å². The molecule has 8 nitrogen and oxygen atoms in total. The normalized spacial score (nSPS) is 18.2. The molecule has 2 heterocycles. The minimum Gasteiger partial charge on any atom is -0.369 e. The number of nitrogens with zero attached hydrogens (tertiary/aromatic N) is 2. The fraction of sp³-hybridized carbons (Fsp3) is 0.636. The van der Waals surface area contributed by atoms with E-state index < -0.39 is 10.0 Å². The Morgan fingerprint density at radius 2 is 2.20 bits per heavy atom. The molecule has 112 valence electrons. The topological polar surface area (TPSA) is 121 Å². The number of rotatable bonds is 5. The van der Waals surface area contributed by atoms with Crippen molar-refractivity contribution in [3.05, 3.63) is 12.0 Å². The highest BCUT2D eigenvalue weighted by molar-refractivity contribution is 7.89. The molecule has 0 aromatic carbocycles. The number of H-pyrrole nitrogens is 1. The van der Waals surface area contributed by atoms with Crippen molar-refractivity contribution < 1.29 is 13.2 Å². The van der Waals surface area contributed by atoms with Crippen LogP contribution < -0.4 is 10.5 Å². The summed E-state index contributed by atoms with van der Waals surface area (Å²) in [4.78, 5) is 19.3. The number of primary amides is 1. The molecule has 0 atom stereocenters. The smallest absolute Gasteiger partial charge is 0.257 e. The van der Waals surface area contributed by atoms with Crippen molar-refractivity contribution in [1.29, 1.82) is 0 Å². The highest BCUT2D eigenvalue weighted by atomic mass is 32.2. The molecule has 0 unspecified atom stereocenters. The zero-order chi connectivity index (χ0) is 14.8. The second-order valence-electron chi connectivity index (χ2n) is 4.97. The molecule has 1 aromatic rings. The second-order valence-corrected chi connectivity index (χ2v) is 6.65. The van der Waals surface area contributed by atoms with Gasteiger partial charge in [-0.2, -0.15) is 0 Å². The van der Waals surface area contributed by atoms with Crippen LogP contribution in [-0.4, -0.2) is 54.9 Å². The lowest BCUT2D eigenvalue weighted by molar-refractivity contribution is -0.119. The van der Waals surface area contributed by atoms with Crippen LogP contribution in [0.1, 0.15) is 18.7 Å². The van der Waals surface area contributed by atoms with Gasteiger partial charge in [0.05, 0.1) is 12.7 Å². The molecule has 0 spiro atoms. The van der Waals surface area contributed by atoms with Crippen LogP contribution >= 0.6 is 0 Å². The number of piperidine rings is 1. The standard InChI is InChI=1S/C11H19N5O3S/c1-8-13-6-11(14-8)20(18,19)15-9-2-4-16(5-3-9)7-10(12)17/h6,9,15H,2-5,7H2,1H3,(H2,12,17)(H,13,14). The number of imidazole rings is 1. The largest absolute Gasteiger partial charge is 0.369 e. The van der Waals surface area contributed by atoms with Crippen LogP contribution in [0.25, 0.3) is 0 Å². The fourth-order valence-corrected chi connectivity index (χ4v) is 3.52. The Morgan fingerprint density at radius 1 is 1.55 bits per heavy atom. The molecule has 4 N–H and O–H groups in total. The van der Waals surface area contributed by atoms with E-state index in [0.717, 1.165) is 0 Å². The first kappa shape index (κ1) is 14.9. The van der Waals surface area contributed by atoms with Gasteiger partial charge in [-0.15, -0.1) is 0 Å². The predicted octanol–water partition coefficient (Wildman–Crippen LogP) is -1.05. The lowest BCUT2D eigenvalue weighted by Gasteiger charge is -2.31. The highest BCUT2D eigenvalue weighted by Crippen LogP contribution is 2.13. The summed E-state index contributed by atoms with van der Waals surface area (Å²) < 4.78 is 26.9. The van der Waals surface area contributed by atoms with E-state index in [9.17, 15) is 13.2 Å². The van der Waals surface area contributed by atoms with Gasteiger partial charge in [-0.1, -0.05) is 0 Å². The predicted molar refractivity (Wildman–Crippen MR) is 72.3 cm³/mol. The molecule has 20 heavy (non-hydrogen) atoms. The lowest BCUT2D eigenvalue weighted by Crippen LogP contribution is -2.46. The van der Waals surface area contributed by atoms with Gasteiger partial charge in [-0.05, 0) is 19.8 Å². The molecule has 2 rings (SSSR count). The molecule has 0 bridgehead atoms. The van der Waals surface area contributed by atoms with Crippen LogP contribution in [0.5, 0.6) is 0 Å². The Hall–Kier alpha value is -1.45. The van der Waals surface area contributed by atoms with Gasteiger partial charge in [0.1, 0.15) is 5.82 Å². The molecular weight excluding hydrogens is 282 g/mol. The number of hydrogen-bond acceptors (Lipinski definition) is 5. The maximum absolute atomic E-state index is 12.1. The first-order chi connectivity index (χ1) is 9.37. The summed E-state index contributed by atoms with van der Waals surface area (Å²) in [6.07, 6.45) is 2.61. The summed E-state index contributed by atoms with van der Waals surface area (Å²) in [5.41, 5.74) is 5.13. The third-order valence-corrected chi connectivity index (χ3v) is 4.69. The number of hydrogen-bond donors (Lipinski definition) is 3. The van der Waals surface area contributed by atoms with Gasteiger partial charge in [0.25, 0.3) is 10.0 Å². The number of aryl methyl sites for hydroxylation is 1. The van der Waals surface area contributed by atoms with Crippen LogP contribution in [0, 0.1) is 6.92 Å². The number of aromatic nitrogens is 2. The number of sulfonamides is 1. The minimum atomic E-state index is -3.56. The third-order valence-electron chi connectivity index (χ3n) is 3.26. The minimum absolute atomic E-state index is 0.0783. The van der Waals surface area contributed by atoms with Crippen molar-refractivity contribution in [3.63, 3.8) is 0 Å². The van der Waals surface area contributed by atoms with Crippen molar-refractivity contribution >= 4 is 15.9 Å². The van der Waals surface area contributed by atoms with Gasteiger partial charge in [0.2, 0.25) is 5.91 Å². The molecule has 1 aliphatic rings. The summed E-state index contributed by atoms with van der Waals surface area (Å²) in [6, 6.07) is -0.132. The summed E-state index contributed by atoms with van der Waals surface area (Å²) in [6.45, 7) is 3.22. The van der Waals surface area contributed by atoms with Crippen LogP contribution in [0.2, 0.25) is 0 Å². The van der Waals surface area contributed by atoms with Gasteiger partial charge < -0.3 is 10.7 Å². The molecule has 0 aliphatic carbocycles. The number of nitrogens with two attached hydrogens (primary N) is 1. The van der Waals surface area contributed by atoms with Gasteiger partial charge in [-0.25, -0.2) is 18.1 Å². The molecule has 1 aromatic heterocycles. The first-order valence-electron chi connectivity index (χ1n) is 6.41. The van der Waals surface area contributed by atoms with Crippen LogP contribution in [-0.2, 0) is 14.8 Å². The van der Waals surface area contributed by atoms with Gasteiger partial charge >= 0.3 is 0 Å². The van der Waals surface area contributed by atoms with Gasteiger partial charge in [0.15, 0.2) is 5.03 Å². The Morgan fingerprint density at radius 3 is 2.70 bits per heavy atom. The molecule has 1 saturated heterocycles. The number of amides is 1. The number of carbonyl (C=O) groups excluding carboxylic acids is 1. The summed E-state index contributed by atoms with van der Waals surface area (Å²) in [5.74, 6) is 0.193. The molecular formula is C11H19N5O3S. The molecule has 0 radical (unpaired) electrons. The SMILES string of the molecule is Cc1ncc(S(=O)(=O)NC2CCN(CC(N)=O)CC2)[nH]1. The quantitative estimate of drug-likeness (QED) is 0.640. The average Bonchev–Trinajstić information content (AvgIpc) is 2.78. The molecule has 9 heteroatoms. The molecule has 0 saturated carbocycles. The van der Waals surface area contributed by atoms with E-state index in [4.69, 9.17) is 5.73 Å². The van der Waals surface area contributed by atoms with Crippen molar-refractivity contribution in [2.24, 2.45) is 5.73 Å². The van der Waals surface area contributed by atoms with E-state index in [0.29, 0.717) is 31.8 Å². The summed E-state index contributed by atoms with van der Waals surface area (Å²) in [7, 11) is -3.56. The van der Waals surface area contributed by atoms with E-state index in [1.54, 1.807) is 6.92 Å².